The lowest BCUT2D eigenvalue weighted by Gasteiger charge is -2.11. The van der Waals surface area contributed by atoms with Crippen molar-refractivity contribution in [3.8, 4) is 11.5 Å². The Labute approximate surface area is 118 Å². The number of amides is 2. The molecule has 1 aromatic carbocycles. The zero-order valence-corrected chi connectivity index (χ0v) is 12.0. The predicted molar refractivity (Wildman–Crippen MR) is 74.4 cm³/mol. The number of aryl methyl sites for hydroxylation is 1. The van der Waals surface area contributed by atoms with E-state index in [2.05, 4.69) is 10.9 Å². The molecule has 0 heterocycles. The van der Waals surface area contributed by atoms with Crippen LogP contribution in [0.4, 0.5) is 0 Å². The number of benzene rings is 1. The summed E-state index contributed by atoms with van der Waals surface area (Å²) in [7, 11) is 1.53. The van der Waals surface area contributed by atoms with Crippen molar-refractivity contribution in [1.82, 2.24) is 10.9 Å². The summed E-state index contributed by atoms with van der Waals surface area (Å²) in [5, 5.41) is 0. The van der Waals surface area contributed by atoms with Gasteiger partial charge in [0.1, 0.15) is 0 Å². The summed E-state index contributed by atoms with van der Waals surface area (Å²) < 4.78 is 10.5. The highest BCUT2D eigenvalue weighted by Crippen LogP contribution is 2.27. The topological polar surface area (TPSA) is 76.7 Å². The first-order valence-electron chi connectivity index (χ1n) is 6.42. The quantitative estimate of drug-likeness (QED) is 0.771. The second-order valence-electron chi connectivity index (χ2n) is 4.29. The molecule has 0 unspecified atom stereocenters. The molecule has 0 bridgehead atoms. The summed E-state index contributed by atoms with van der Waals surface area (Å²) in [5.74, 6) is 0.381. The molecule has 0 aliphatic carbocycles. The van der Waals surface area contributed by atoms with Crippen molar-refractivity contribution < 1.29 is 19.1 Å². The number of ether oxygens (including phenoxy) is 2. The average molecular weight is 280 g/mol. The Morgan fingerprint density at radius 1 is 1.15 bits per heavy atom. The van der Waals surface area contributed by atoms with Crippen molar-refractivity contribution >= 4 is 11.8 Å². The van der Waals surface area contributed by atoms with Crippen molar-refractivity contribution in [1.29, 1.82) is 0 Å². The summed E-state index contributed by atoms with van der Waals surface area (Å²) in [6.07, 6.45) is 1.09. The Morgan fingerprint density at radius 2 is 1.85 bits per heavy atom. The molecule has 6 heteroatoms. The lowest BCUT2D eigenvalue weighted by Crippen LogP contribution is -2.43. The normalized spacial score (nSPS) is 9.75. The third-order valence-corrected chi connectivity index (χ3v) is 2.50. The first-order chi connectivity index (χ1) is 9.56. The molecular weight excluding hydrogens is 260 g/mol. The molecule has 0 radical (unpaired) electrons. The Kier molecular flexibility index (Phi) is 6.36. The molecule has 0 aliphatic heterocycles. The number of hydrogen-bond donors (Lipinski definition) is 2. The van der Waals surface area contributed by atoms with E-state index >= 15 is 0 Å². The third kappa shape index (κ3) is 5.17. The van der Waals surface area contributed by atoms with Crippen LogP contribution in [0.5, 0.6) is 11.5 Å². The Balaban J connectivity index is 2.43. The van der Waals surface area contributed by atoms with Gasteiger partial charge in [0, 0.05) is 6.42 Å². The number of nitrogens with one attached hydrogen (secondary N) is 2. The maximum Gasteiger partial charge on any atom is 0.276 e. The molecular formula is C14H20N2O4. The number of carbonyl (C=O) groups is 2. The standard InChI is InChI=1S/C14H20N2O4/c1-4-5-13(17)15-16-14(18)9-20-11-7-6-10(2)8-12(11)19-3/h6-8H,4-5,9H2,1-3H3,(H,15,17)(H,16,18). The van der Waals surface area contributed by atoms with Crippen LogP contribution < -0.4 is 20.3 Å². The molecule has 0 saturated heterocycles. The summed E-state index contributed by atoms with van der Waals surface area (Å²) in [6, 6.07) is 5.41. The Bertz CT molecular complexity index is 474. The van der Waals surface area contributed by atoms with Gasteiger partial charge in [-0.1, -0.05) is 13.0 Å². The monoisotopic (exact) mass is 280 g/mol. The van der Waals surface area contributed by atoms with Gasteiger partial charge in [0.15, 0.2) is 18.1 Å². The molecule has 0 aliphatic rings. The van der Waals surface area contributed by atoms with Crippen LogP contribution in [-0.4, -0.2) is 25.5 Å². The molecule has 1 aromatic rings. The van der Waals surface area contributed by atoms with Crippen LogP contribution in [0.2, 0.25) is 0 Å². The molecule has 0 spiro atoms. The molecule has 0 atom stereocenters. The summed E-state index contributed by atoms with van der Waals surface area (Å²) in [5.41, 5.74) is 5.62. The molecule has 2 amide bonds. The van der Waals surface area contributed by atoms with E-state index in [-0.39, 0.29) is 12.5 Å². The number of carbonyl (C=O) groups excluding carboxylic acids is 2. The third-order valence-electron chi connectivity index (χ3n) is 2.50. The molecule has 20 heavy (non-hydrogen) atoms. The minimum Gasteiger partial charge on any atom is -0.493 e. The first-order valence-corrected chi connectivity index (χ1v) is 6.42. The van der Waals surface area contributed by atoms with Crippen molar-refractivity contribution in [2.45, 2.75) is 26.7 Å². The van der Waals surface area contributed by atoms with Crippen molar-refractivity contribution in [2.24, 2.45) is 0 Å². The van der Waals surface area contributed by atoms with Gasteiger partial charge in [0.25, 0.3) is 5.91 Å². The lowest BCUT2D eigenvalue weighted by atomic mass is 10.2. The van der Waals surface area contributed by atoms with E-state index in [1.54, 1.807) is 6.07 Å². The van der Waals surface area contributed by atoms with Crippen LogP contribution in [0.3, 0.4) is 0 Å². The van der Waals surface area contributed by atoms with Gasteiger partial charge in [0.05, 0.1) is 7.11 Å². The molecule has 110 valence electrons. The van der Waals surface area contributed by atoms with Gasteiger partial charge in [-0.15, -0.1) is 0 Å². The smallest absolute Gasteiger partial charge is 0.276 e. The van der Waals surface area contributed by atoms with E-state index in [4.69, 9.17) is 9.47 Å². The summed E-state index contributed by atoms with van der Waals surface area (Å²) in [6.45, 7) is 3.61. The van der Waals surface area contributed by atoms with Crippen LogP contribution in [0.1, 0.15) is 25.3 Å². The highest BCUT2D eigenvalue weighted by Gasteiger charge is 2.08. The number of methoxy groups -OCH3 is 1. The van der Waals surface area contributed by atoms with Crippen LogP contribution in [0, 0.1) is 6.92 Å². The molecule has 0 aromatic heterocycles. The first kappa shape index (κ1) is 15.8. The largest absolute Gasteiger partial charge is 0.493 e. The van der Waals surface area contributed by atoms with E-state index < -0.39 is 5.91 Å². The molecule has 6 nitrogen and oxygen atoms in total. The lowest BCUT2D eigenvalue weighted by molar-refractivity contribution is -0.130. The van der Waals surface area contributed by atoms with Crippen molar-refractivity contribution in [3.63, 3.8) is 0 Å². The SMILES string of the molecule is CCCC(=O)NNC(=O)COc1ccc(C)cc1OC. The average Bonchev–Trinajstić information content (AvgIpc) is 2.44. The fourth-order valence-electron chi connectivity index (χ4n) is 1.50. The van der Waals surface area contributed by atoms with E-state index in [1.807, 2.05) is 26.0 Å². The van der Waals surface area contributed by atoms with E-state index in [0.717, 1.165) is 12.0 Å². The Morgan fingerprint density at radius 3 is 2.50 bits per heavy atom. The Hall–Kier alpha value is -2.24. The number of hydrazine groups is 1. The summed E-state index contributed by atoms with van der Waals surface area (Å²) in [4.78, 5) is 22.7. The molecule has 0 saturated carbocycles. The van der Waals surface area contributed by atoms with Crippen LogP contribution in [0.25, 0.3) is 0 Å². The van der Waals surface area contributed by atoms with E-state index in [1.165, 1.54) is 7.11 Å². The van der Waals surface area contributed by atoms with Gasteiger partial charge in [-0.25, -0.2) is 0 Å². The van der Waals surface area contributed by atoms with Crippen LogP contribution >= 0.6 is 0 Å². The van der Waals surface area contributed by atoms with Crippen molar-refractivity contribution in [3.05, 3.63) is 23.8 Å². The van der Waals surface area contributed by atoms with Gasteiger partial charge in [-0.05, 0) is 31.0 Å². The van der Waals surface area contributed by atoms with Crippen LogP contribution in [-0.2, 0) is 9.59 Å². The number of hydrogen-bond acceptors (Lipinski definition) is 4. The van der Waals surface area contributed by atoms with Gasteiger partial charge >= 0.3 is 0 Å². The number of rotatable bonds is 6. The fraction of sp³-hybridized carbons (Fsp3) is 0.429. The van der Waals surface area contributed by atoms with Gasteiger partial charge in [-0.2, -0.15) is 0 Å². The minimum atomic E-state index is -0.433. The molecule has 1 rings (SSSR count). The predicted octanol–water partition coefficient (Wildman–Crippen LogP) is 1.33. The molecule has 2 N–H and O–H groups in total. The molecule has 0 fully saturated rings. The van der Waals surface area contributed by atoms with Crippen LogP contribution in [0.15, 0.2) is 18.2 Å². The van der Waals surface area contributed by atoms with Crippen molar-refractivity contribution in [2.75, 3.05) is 13.7 Å². The maximum absolute atomic E-state index is 11.5. The van der Waals surface area contributed by atoms with Gasteiger partial charge in [0.2, 0.25) is 5.91 Å². The second-order valence-corrected chi connectivity index (χ2v) is 4.29. The fourth-order valence-corrected chi connectivity index (χ4v) is 1.50. The minimum absolute atomic E-state index is 0.203. The summed E-state index contributed by atoms with van der Waals surface area (Å²) >= 11 is 0. The zero-order valence-electron chi connectivity index (χ0n) is 12.0. The zero-order chi connectivity index (χ0) is 15.0. The highest BCUT2D eigenvalue weighted by molar-refractivity contribution is 5.82. The highest BCUT2D eigenvalue weighted by atomic mass is 16.5. The van der Waals surface area contributed by atoms with E-state index in [0.29, 0.717) is 17.9 Å². The van der Waals surface area contributed by atoms with Gasteiger partial charge < -0.3 is 9.47 Å². The van der Waals surface area contributed by atoms with E-state index in [9.17, 15) is 9.59 Å². The second kappa shape index (κ2) is 8.04. The van der Waals surface area contributed by atoms with Gasteiger partial charge in [-0.3, -0.25) is 20.4 Å². The maximum atomic E-state index is 11.5.